The number of thioether (sulfide) groups is 1. The summed E-state index contributed by atoms with van der Waals surface area (Å²) in [5, 5.41) is 14.0. The van der Waals surface area contributed by atoms with Gasteiger partial charge in [0.1, 0.15) is 0 Å². The molecule has 5 rings (SSSR count). The van der Waals surface area contributed by atoms with Crippen molar-refractivity contribution in [3.8, 4) is 11.4 Å². The molecule has 0 radical (unpaired) electrons. The van der Waals surface area contributed by atoms with Crippen molar-refractivity contribution < 1.29 is 9.26 Å². The number of ether oxygens (including phenoxy) is 1. The molecule has 0 bridgehead atoms. The highest BCUT2D eigenvalue weighted by Crippen LogP contribution is 2.27. The Morgan fingerprint density at radius 3 is 2.47 bits per heavy atom. The quantitative estimate of drug-likeness (QED) is 0.341. The zero-order chi connectivity index (χ0) is 23.3. The lowest BCUT2D eigenvalue weighted by molar-refractivity contribution is 0.121. The summed E-state index contributed by atoms with van der Waals surface area (Å²) in [5.74, 6) is 3.04. The van der Waals surface area contributed by atoms with Gasteiger partial charge in [0.05, 0.1) is 25.5 Å². The van der Waals surface area contributed by atoms with Crippen molar-refractivity contribution in [1.29, 1.82) is 0 Å². The zero-order valence-electron chi connectivity index (χ0n) is 19.4. The van der Waals surface area contributed by atoms with Crippen molar-refractivity contribution in [2.45, 2.75) is 37.2 Å². The van der Waals surface area contributed by atoms with Gasteiger partial charge in [0.15, 0.2) is 5.16 Å². The average molecular weight is 477 g/mol. The van der Waals surface area contributed by atoms with Crippen LogP contribution in [-0.4, -0.2) is 51.2 Å². The lowest BCUT2D eigenvalue weighted by Gasteiger charge is -2.28. The first kappa shape index (κ1) is 22.6. The lowest BCUT2D eigenvalue weighted by atomic mass is 10.0. The largest absolute Gasteiger partial charge is 0.378 e. The van der Waals surface area contributed by atoms with Crippen molar-refractivity contribution >= 4 is 17.7 Å². The fraction of sp³-hybridized carbons (Fsp3) is 0.360. The van der Waals surface area contributed by atoms with E-state index >= 15 is 0 Å². The summed E-state index contributed by atoms with van der Waals surface area (Å²) in [6, 6.07) is 18.7. The Labute approximate surface area is 203 Å². The normalized spacial score (nSPS) is 14.1. The first-order chi connectivity index (χ1) is 16.7. The zero-order valence-corrected chi connectivity index (χ0v) is 20.2. The van der Waals surface area contributed by atoms with Gasteiger partial charge in [-0.05, 0) is 17.0 Å². The first-order valence-electron chi connectivity index (χ1n) is 11.5. The highest BCUT2D eigenvalue weighted by Gasteiger charge is 2.21. The Hall–Kier alpha value is -3.17. The van der Waals surface area contributed by atoms with Crippen LogP contribution in [0.2, 0.25) is 0 Å². The maximum atomic E-state index is 5.53. The predicted octanol–water partition coefficient (Wildman–Crippen LogP) is 4.63. The lowest BCUT2D eigenvalue weighted by Crippen LogP contribution is -2.38. The van der Waals surface area contributed by atoms with E-state index in [0.717, 1.165) is 29.8 Å². The van der Waals surface area contributed by atoms with Crippen LogP contribution in [-0.2, 0) is 17.0 Å². The number of hydrogen-bond acceptors (Lipinski definition) is 8. The molecule has 2 aromatic heterocycles. The van der Waals surface area contributed by atoms with Gasteiger partial charge in [-0.2, -0.15) is 4.98 Å². The molecule has 176 valence electrons. The van der Waals surface area contributed by atoms with Gasteiger partial charge in [-0.15, -0.1) is 10.2 Å². The fourth-order valence-electron chi connectivity index (χ4n) is 3.86. The van der Waals surface area contributed by atoms with Crippen molar-refractivity contribution in [3.05, 3.63) is 71.6 Å². The number of aromatic nitrogens is 5. The maximum absolute atomic E-state index is 5.53. The Balaban J connectivity index is 1.32. The van der Waals surface area contributed by atoms with E-state index in [1.165, 1.54) is 11.1 Å². The minimum atomic E-state index is 0.488. The molecule has 0 N–H and O–H groups in total. The molecule has 0 aliphatic carbocycles. The molecule has 1 saturated heterocycles. The van der Waals surface area contributed by atoms with Gasteiger partial charge in [0.2, 0.25) is 17.7 Å². The number of rotatable bonds is 8. The molecule has 34 heavy (non-hydrogen) atoms. The second kappa shape index (κ2) is 10.4. The van der Waals surface area contributed by atoms with E-state index in [4.69, 9.17) is 9.26 Å². The molecular formula is C25H28N6O2S. The van der Waals surface area contributed by atoms with Gasteiger partial charge in [0.25, 0.3) is 0 Å². The van der Waals surface area contributed by atoms with E-state index in [-0.39, 0.29) is 0 Å². The van der Waals surface area contributed by atoms with Gasteiger partial charge >= 0.3 is 0 Å². The summed E-state index contributed by atoms with van der Waals surface area (Å²) in [6.45, 7) is 8.06. The molecular weight excluding hydrogens is 448 g/mol. The van der Waals surface area contributed by atoms with Gasteiger partial charge in [-0.3, -0.25) is 4.57 Å². The molecule has 0 spiro atoms. The summed E-state index contributed by atoms with van der Waals surface area (Å²) < 4.78 is 13.2. The standard InChI is InChI=1S/C25H28N6O2S/c1-18(2)20-8-10-21(11-9-20)23-26-22(33-29-23)17-34-25-28-27-24(30-12-14-32-15-13-30)31(25)16-19-6-4-3-5-7-19/h3-11,18H,12-17H2,1-2H3. The van der Waals surface area contributed by atoms with Crippen molar-refractivity contribution in [2.24, 2.45) is 0 Å². The Bertz CT molecular complexity index is 1200. The first-order valence-corrected chi connectivity index (χ1v) is 12.5. The van der Waals surface area contributed by atoms with E-state index in [0.29, 0.717) is 43.1 Å². The fourth-order valence-corrected chi connectivity index (χ4v) is 4.63. The Kier molecular flexibility index (Phi) is 6.92. The summed E-state index contributed by atoms with van der Waals surface area (Å²) in [5.41, 5.74) is 3.44. The van der Waals surface area contributed by atoms with Gasteiger partial charge in [0, 0.05) is 18.7 Å². The van der Waals surface area contributed by atoms with Crippen LogP contribution in [0.4, 0.5) is 5.95 Å². The third-order valence-electron chi connectivity index (χ3n) is 5.80. The van der Waals surface area contributed by atoms with E-state index in [1.807, 2.05) is 18.2 Å². The van der Waals surface area contributed by atoms with E-state index < -0.39 is 0 Å². The highest BCUT2D eigenvalue weighted by molar-refractivity contribution is 7.98. The topological polar surface area (TPSA) is 82.1 Å². The molecule has 3 heterocycles. The molecule has 1 fully saturated rings. The second-order valence-electron chi connectivity index (χ2n) is 8.53. The minimum absolute atomic E-state index is 0.488. The summed E-state index contributed by atoms with van der Waals surface area (Å²) in [7, 11) is 0. The molecule has 1 aliphatic heterocycles. The second-order valence-corrected chi connectivity index (χ2v) is 9.47. The van der Waals surface area contributed by atoms with Crippen LogP contribution in [0.1, 0.15) is 36.8 Å². The van der Waals surface area contributed by atoms with Crippen LogP contribution in [0.15, 0.2) is 64.3 Å². The molecule has 1 aliphatic rings. The van der Waals surface area contributed by atoms with Crippen molar-refractivity contribution in [3.63, 3.8) is 0 Å². The van der Waals surface area contributed by atoms with Crippen molar-refractivity contribution in [2.75, 3.05) is 31.2 Å². The Morgan fingerprint density at radius 2 is 1.74 bits per heavy atom. The number of benzene rings is 2. The van der Waals surface area contributed by atoms with Crippen molar-refractivity contribution in [1.82, 2.24) is 24.9 Å². The van der Waals surface area contributed by atoms with Crippen LogP contribution in [0.5, 0.6) is 0 Å². The van der Waals surface area contributed by atoms with Gasteiger partial charge in [-0.1, -0.05) is 85.4 Å². The number of anilines is 1. The molecule has 4 aromatic rings. The van der Waals surface area contributed by atoms with Gasteiger partial charge < -0.3 is 14.2 Å². The molecule has 0 saturated carbocycles. The molecule has 8 nitrogen and oxygen atoms in total. The third-order valence-corrected chi connectivity index (χ3v) is 6.75. The molecule has 9 heteroatoms. The van der Waals surface area contributed by atoms with E-state index in [2.05, 4.69) is 80.1 Å². The third kappa shape index (κ3) is 5.15. The predicted molar refractivity (Wildman–Crippen MR) is 132 cm³/mol. The highest BCUT2D eigenvalue weighted by atomic mass is 32.2. The smallest absolute Gasteiger partial charge is 0.237 e. The monoisotopic (exact) mass is 476 g/mol. The van der Waals surface area contributed by atoms with Crippen LogP contribution in [0, 0.1) is 0 Å². The summed E-state index contributed by atoms with van der Waals surface area (Å²) in [4.78, 5) is 6.83. The number of hydrogen-bond donors (Lipinski definition) is 0. The number of nitrogens with zero attached hydrogens (tertiary/aromatic N) is 6. The minimum Gasteiger partial charge on any atom is -0.378 e. The van der Waals surface area contributed by atoms with Crippen LogP contribution in [0.25, 0.3) is 11.4 Å². The molecule has 2 aromatic carbocycles. The summed E-state index contributed by atoms with van der Waals surface area (Å²) >= 11 is 1.55. The summed E-state index contributed by atoms with van der Waals surface area (Å²) in [6.07, 6.45) is 0. The Morgan fingerprint density at radius 1 is 0.971 bits per heavy atom. The molecule has 0 unspecified atom stereocenters. The SMILES string of the molecule is CC(C)c1ccc(-c2noc(CSc3nnc(N4CCOCC4)n3Cc3ccccc3)n2)cc1. The van der Waals surface area contributed by atoms with E-state index in [9.17, 15) is 0 Å². The maximum Gasteiger partial charge on any atom is 0.237 e. The number of morpholine rings is 1. The molecule has 0 amide bonds. The van der Waals surface area contributed by atoms with Crippen LogP contribution >= 0.6 is 11.8 Å². The van der Waals surface area contributed by atoms with Crippen LogP contribution in [0.3, 0.4) is 0 Å². The van der Waals surface area contributed by atoms with Crippen LogP contribution < -0.4 is 4.90 Å². The van der Waals surface area contributed by atoms with Gasteiger partial charge in [-0.25, -0.2) is 0 Å². The molecule has 0 atom stereocenters. The average Bonchev–Trinajstić information content (AvgIpc) is 3.51. The van der Waals surface area contributed by atoms with E-state index in [1.54, 1.807) is 11.8 Å².